The highest BCUT2D eigenvalue weighted by molar-refractivity contribution is 5.55. The lowest BCUT2D eigenvalue weighted by molar-refractivity contribution is 0.194. The van der Waals surface area contributed by atoms with E-state index in [1.165, 1.54) is 31.7 Å². The highest BCUT2D eigenvalue weighted by Gasteiger charge is 2.31. The number of halogens is 1. The first-order chi connectivity index (χ1) is 9.15. The summed E-state index contributed by atoms with van der Waals surface area (Å²) in [5, 5.41) is 9.87. The summed E-state index contributed by atoms with van der Waals surface area (Å²) < 4.78 is 14.0. The van der Waals surface area contributed by atoms with Crippen LogP contribution in [0, 0.1) is 17.7 Å². The molecular formula is C16H22FNO. The van der Waals surface area contributed by atoms with Gasteiger partial charge in [0.15, 0.2) is 0 Å². The second-order valence-electron chi connectivity index (χ2n) is 6.14. The summed E-state index contributed by atoms with van der Waals surface area (Å²) in [4.78, 5) is 2.31. The van der Waals surface area contributed by atoms with E-state index in [1.54, 1.807) is 13.0 Å². The van der Waals surface area contributed by atoms with Crippen LogP contribution in [0.5, 0.6) is 0 Å². The molecule has 1 aromatic carbocycles. The lowest BCUT2D eigenvalue weighted by Crippen LogP contribution is -2.29. The molecule has 0 aromatic heterocycles. The van der Waals surface area contributed by atoms with Gasteiger partial charge in [-0.1, -0.05) is 6.07 Å². The van der Waals surface area contributed by atoms with E-state index in [1.807, 2.05) is 6.07 Å². The van der Waals surface area contributed by atoms with Crippen LogP contribution in [0.15, 0.2) is 18.2 Å². The highest BCUT2D eigenvalue weighted by atomic mass is 19.1. The van der Waals surface area contributed by atoms with Gasteiger partial charge in [-0.15, -0.1) is 0 Å². The molecule has 0 spiro atoms. The second-order valence-corrected chi connectivity index (χ2v) is 6.14. The van der Waals surface area contributed by atoms with Crippen molar-refractivity contribution in [3.8, 4) is 0 Å². The van der Waals surface area contributed by atoms with Crippen molar-refractivity contribution in [3.05, 3.63) is 29.6 Å². The highest BCUT2D eigenvalue weighted by Crippen LogP contribution is 2.38. The first-order valence-corrected chi connectivity index (χ1v) is 7.36. The standard InChI is InChI=1S/C16H22FNO/c1-11(19)16-14(17)3-2-4-15(16)18(9-12-5-6-12)10-13-7-8-13/h2-4,11-13,19H,5-10H2,1H3. The number of aliphatic hydroxyl groups excluding tert-OH is 1. The molecular weight excluding hydrogens is 241 g/mol. The van der Waals surface area contributed by atoms with Crippen molar-refractivity contribution >= 4 is 5.69 Å². The quantitative estimate of drug-likeness (QED) is 0.849. The normalized spacial score (nSPS) is 20.4. The van der Waals surface area contributed by atoms with Gasteiger partial charge in [0, 0.05) is 24.3 Å². The zero-order valence-electron chi connectivity index (χ0n) is 11.5. The number of aliphatic hydroxyl groups is 1. The lowest BCUT2D eigenvalue weighted by atomic mass is 10.1. The molecule has 3 heteroatoms. The van der Waals surface area contributed by atoms with Gasteiger partial charge in [0.25, 0.3) is 0 Å². The predicted molar refractivity (Wildman–Crippen MR) is 74.7 cm³/mol. The first-order valence-electron chi connectivity index (χ1n) is 7.36. The summed E-state index contributed by atoms with van der Waals surface area (Å²) in [7, 11) is 0. The Kier molecular flexibility index (Phi) is 3.48. The van der Waals surface area contributed by atoms with Crippen molar-refractivity contribution in [1.82, 2.24) is 0 Å². The smallest absolute Gasteiger partial charge is 0.131 e. The Morgan fingerprint density at radius 1 is 1.21 bits per heavy atom. The first kappa shape index (κ1) is 12.9. The molecule has 0 saturated heterocycles. The van der Waals surface area contributed by atoms with Gasteiger partial charge in [-0.2, -0.15) is 0 Å². The largest absolute Gasteiger partial charge is 0.389 e. The summed E-state index contributed by atoms with van der Waals surface area (Å²) in [6, 6.07) is 5.15. The third-order valence-corrected chi connectivity index (χ3v) is 4.14. The molecule has 0 heterocycles. The van der Waals surface area contributed by atoms with E-state index < -0.39 is 6.10 Å². The van der Waals surface area contributed by atoms with Crippen molar-refractivity contribution in [2.45, 2.75) is 38.7 Å². The van der Waals surface area contributed by atoms with Crippen LogP contribution in [0.1, 0.15) is 44.3 Å². The van der Waals surface area contributed by atoms with Gasteiger partial charge < -0.3 is 10.0 Å². The van der Waals surface area contributed by atoms with Gasteiger partial charge >= 0.3 is 0 Å². The summed E-state index contributed by atoms with van der Waals surface area (Å²) in [5.41, 5.74) is 1.36. The second kappa shape index (κ2) is 5.12. The minimum absolute atomic E-state index is 0.288. The molecule has 2 nitrogen and oxygen atoms in total. The molecule has 1 unspecified atom stereocenters. The lowest BCUT2D eigenvalue weighted by Gasteiger charge is -2.28. The molecule has 0 aliphatic heterocycles. The van der Waals surface area contributed by atoms with Gasteiger partial charge in [-0.3, -0.25) is 0 Å². The minimum atomic E-state index is -0.753. The fraction of sp³-hybridized carbons (Fsp3) is 0.625. The van der Waals surface area contributed by atoms with Crippen LogP contribution in [-0.4, -0.2) is 18.2 Å². The Morgan fingerprint density at radius 2 is 1.79 bits per heavy atom. The molecule has 2 saturated carbocycles. The van der Waals surface area contributed by atoms with E-state index in [4.69, 9.17) is 0 Å². The molecule has 0 bridgehead atoms. The number of hydrogen-bond donors (Lipinski definition) is 1. The Hall–Kier alpha value is -1.09. The van der Waals surface area contributed by atoms with E-state index in [9.17, 15) is 9.50 Å². The zero-order valence-corrected chi connectivity index (χ0v) is 11.5. The fourth-order valence-corrected chi connectivity index (χ4v) is 2.71. The molecule has 1 N–H and O–H groups in total. The van der Waals surface area contributed by atoms with Crippen molar-refractivity contribution in [2.75, 3.05) is 18.0 Å². The maximum absolute atomic E-state index is 14.0. The van der Waals surface area contributed by atoms with Crippen molar-refractivity contribution in [3.63, 3.8) is 0 Å². The molecule has 2 aliphatic carbocycles. The topological polar surface area (TPSA) is 23.5 Å². The SMILES string of the molecule is CC(O)c1c(F)cccc1N(CC1CC1)CC1CC1. The van der Waals surface area contributed by atoms with E-state index in [-0.39, 0.29) is 5.82 Å². The van der Waals surface area contributed by atoms with Crippen LogP contribution in [0.2, 0.25) is 0 Å². The van der Waals surface area contributed by atoms with Gasteiger partial charge in [0.1, 0.15) is 5.82 Å². The maximum Gasteiger partial charge on any atom is 0.131 e. The molecule has 2 aliphatic rings. The van der Waals surface area contributed by atoms with Gasteiger partial charge in [-0.25, -0.2) is 4.39 Å². The van der Waals surface area contributed by atoms with Crippen molar-refractivity contribution in [2.24, 2.45) is 11.8 Å². The Balaban J connectivity index is 1.88. The Bertz CT molecular complexity index is 438. The number of anilines is 1. The van der Waals surface area contributed by atoms with Crippen LogP contribution >= 0.6 is 0 Å². The summed E-state index contributed by atoms with van der Waals surface area (Å²) in [6.07, 6.45) is 4.42. The molecule has 1 aromatic rings. The van der Waals surface area contributed by atoms with E-state index >= 15 is 0 Å². The average molecular weight is 263 g/mol. The minimum Gasteiger partial charge on any atom is -0.389 e. The molecule has 104 valence electrons. The number of nitrogens with zero attached hydrogens (tertiary/aromatic N) is 1. The van der Waals surface area contributed by atoms with Crippen molar-refractivity contribution < 1.29 is 9.50 Å². The van der Waals surface area contributed by atoms with Gasteiger partial charge in [0.05, 0.1) is 6.10 Å². The van der Waals surface area contributed by atoms with Gasteiger partial charge in [-0.05, 0) is 56.6 Å². The molecule has 3 rings (SSSR count). The van der Waals surface area contributed by atoms with E-state index in [0.29, 0.717) is 5.56 Å². The maximum atomic E-state index is 14.0. The third-order valence-electron chi connectivity index (χ3n) is 4.14. The van der Waals surface area contributed by atoms with Crippen LogP contribution < -0.4 is 4.90 Å². The molecule has 0 radical (unpaired) electrons. The zero-order chi connectivity index (χ0) is 13.4. The fourth-order valence-electron chi connectivity index (χ4n) is 2.71. The van der Waals surface area contributed by atoms with Crippen LogP contribution in [0.4, 0.5) is 10.1 Å². The summed E-state index contributed by atoms with van der Waals surface area (Å²) in [6.45, 7) is 3.67. The van der Waals surface area contributed by atoms with Crippen LogP contribution in [0.25, 0.3) is 0 Å². The monoisotopic (exact) mass is 263 g/mol. The molecule has 2 fully saturated rings. The van der Waals surface area contributed by atoms with Gasteiger partial charge in [0.2, 0.25) is 0 Å². The molecule has 19 heavy (non-hydrogen) atoms. The van der Waals surface area contributed by atoms with E-state index in [2.05, 4.69) is 4.90 Å². The predicted octanol–water partition coefficient (Wildman–Crippen LogP) is 3.51. The van der Waals surface area contributed by atoms with Crippen LogP contribution in [-0.2, 0) is 0 Å². The number of rotatable bonds is 6. The summed E-state index contributed by atoms with van der Waals surface area (Å²) in [5.74, 6) is 1.25. The molecule has 1 atom stereocenters. The third kappa shape index (κ3) is 3.08. The average Bonchev–Trinajstić information content (AvgIpc) is 3.22. The summed E-state index contributed by atoms with van der Waals surface area (Å²) >= 11 is 0. The van der Waals surface area contributed by atoms with Crippen molar-refractivity contribution in [1.29, 1.82) is 0 Å². The number of hydrogen-bond acceptors (Lipinski definition) is 2. The van der Waals surface area contributed by atoms with E-state index in [0.717, 1.165) is 30.6 Å². The Labute approximate surface area is 114 Å². The molecule has 0 amide bonds. The number of benzene rings is 1. The Morgan fingerprint density at radius 3 is 2.26 bits per heavy atom. The van der Waals surface area contributed by atoms with Crippen LogP contribution in [0.3, 0.4) is 0 Å².